The van der Waals surface area contributed by atoms with E-state index in [1.807, 2.05) is 0 Å². The van der Waals surface area contributed by atoms with Crippen molar-refractivity contribution in [1.82, 2.24) is 10.6 Å². The molecular weight excluding hydrogens is 248 g/mol. The van der Waals surface area contributed by atoms with Crippen molar-refractivity contribution in [1.29, 1.82) is 0 Å². The number of rotatable bonds is 7. The lowest BCUT2D eigenvalue weighted by Gasteiger charge is -2.19. The van der Waals surface area contributed by atoms with Crippen molar-refractivity contribution >= 4 is 0 Å². The maximum Gasteiger partial charge on any atom is 0.0518 e. The van der Waals surface area contributed by atoms with Crippen molar-refractivity contribution in [2.45, 2.75) is 51.8 Å². The summed E-state index contributed by atoms with van der Waals surface area (Å²) in [5, 5.41) is 7.21. The minimum Gasteiger partial charge on any atom is -0.379 e. The molecule has 20 heavy (non-hydrogen) atoms. The highest BCUT2D eigenvalue weighted by molar-refractivity contribution is 5.30. The van der Waals surface area contributed by atoms with Gasteiger partial charge in [0.05, 0.1) is 6.10 Å². The number of ether oxygens (including phenoxy) is 1. The number of benzene rings is 1. The van der Waals surface area contributed by atoms with Gasteiger partial charge in [-0.05, 0) is 57.3 Å². The van der Waals surface area contributed by atoms with Crippen LogP contribution in [0.15, 0.2) is 24.3 Å². The minimum absolute atomic E-state index is 0.350. The fourth-order valence-electron chi connectivity index (χ4n) is 2.69. The summed E-state index contributed by atoms with van der Waals surface area (Å²) in [5.74, 6) is 0. The molecule has 0 amide bonds. The summed E-state index contributed by atoms with van der Waals surface area (Å²) in [6.07, 6.45) is 3.83. The Labute approximate surface area is 123 Å². The topological polar surface area (TPSA) is 33.3 Å². The Hall–Kier alpha value is -0.900. The lowest BCUT2D eigenvalue weighted by molar-refractivity contribution is 0.0759. The van der Waals surface area contributed by atoms with Gasteiger partial charge in [0.15, 0.2) is 0 Å². The van der Waals surface area contributed by atoms with Crippen molar-refractivity contribution < 1.29 is 4.74 Å². The van der Waals surface area contributed by atoms with Crippen molar-refractivity contribution in [3.8, 4) is 0 Å². The van der Waals surface area contributed by atoms with Gasteiger partial charge in [-0.1, -0.05) is 24.3 Å². The van der Waals surface area contributed by atoms with E-state index in [1.54, 1.807) is 0 Å². The Morgan fingerprint density at radius 2 is 2.15 bits per heavy atom. The van der Waals surface area contributed by atoms with Gasteiger partial charge in [-0.3, -0.25) is 0 Å². The molecule has 0 fully saturated rings. The Kier molecular flexibility index (Phi) is 6.51. The molecule has 1 aliphatic heterocycles. The molecule has 0 aromatic heterocycles. The van der Waals surface area contributed by atoms with Gasteiger partial charge < -0.3 is 15.4 Å². The highest BCUT2D eigenvalue weighted by Crippen LogP contribution is 2.23. The van der Waals surface area contributed by atoms with E-state index in [0.29, 0.717) is 12.1 Å². The Morgan fingerprint density at radius 1 is 1.30 bits per heavy atom. The first kappa shape index (κ1) is 15.5. The number of unbranched alkanes of at least 4 members (excludes halogenated alkanes) is 1. The molecular formula is C17H28N2O. The molecule has 0 bridgehead atoms. The molecule has 0 aliphatic carbocycles. The molecule has 0 saturated heterocycles. The van der Waals surface area contributed by atoms with Crippen LogP contribution < -0.4 is 10.6 Å². The van der Waals surface area contributed by atoms with E-state index in [0.717, 1.165) is 32.7 Å². The van der Waals surface area contributed by atoms with Gasteiger partial charge in [0.1, 0.15) is 0 Å². The second-order valence-electron chi connectivity index (χ2n) is 5.80. The summed E-state index contributed by atoms with van der Waals surface area (Å²) in [6, 6.07) is 9.27. The van der Waals surface area contributed by atoms with E-state index >= 15 is 0 Å². The fraction of sp³-hybridized carbons (Fsp3) is 0.647. The summed E-state index contributed by atoms with van der Waals surface area (Å²) >= 11 is 0. The molecule has 2 rings (SSSR count). The van der Waals surface area contributed by atoms with E-state index in [1.165, 1.54) is 24.0 Å². The predicted molar refractivity (Wildman–Crippen MR) is 83.8 cm³/mol. The summed E-state index contributed by atoms with van der Waals surface area (Å²) in [4.78, 5) is 0. The number of hydrogen-bond acceptors (Lipinski definition) is 3. The fourth-order valence-corrected chi connectivity index (χ4v) is 2.69. The quantitative estimate of drug-likeness (QED) is 0.751. The van der Waals surface area contributed by atoms with Gasteiger partial charge in [-0.2, -0.15) is 0 Å². The van der Waals surface area contributed by atoms with E-state index in [-0.39, 0.29) is 0 Å². The van der Waals surface area contributed by atoms with Crippen LogP contribution in [0.1, 0.15) is 50.3 Å². The molecule has 1 aromatic carbocycles. The zero-order valence-corrected chi connectivity index (χ0v) is 12.8. The Bertz CT molecular complexity index is 392. The van der Waals surface area contributed by atoms with Crippen LogP contribution in [0.4, 0.5) is 0 Å². The zero-order valence-electron chi connectivity index (χ0n) is 12.8. The first-order chi connectivity index (χ1) is 9.77. The van der Waals surface area contributed by atoms with Crippen molar-refractivity contribution in [2.24, 2.45) is 0 Å². The molecule has 0 spiro atoms. The zero-order chi connectivity index (χ0) is 14.2. The average Bonchev–Trinajstić information content (AvgIpc) is 2.65. The summed E-state index contributed by atoms with van der Waals surface area (Å²) in [7, 11) is 0. The monoisotopic (exact) mass is 276 g/mol. The van der Waals surface area contributed by atoms with Gasteiger partial charge in [-0.15, -0.1) is 0 Å². The third-order valence-electron chi connectivity index (χ3n) is 3.77. The third-order valence-corrected chi connectivity index (χ3v) is 3.77. The van der Waals surface area contributed by atoms with Crippen LogP contribution >= 0.6 is 0 Å². The van der Waals surface area contributed by atoms with Crippen molar-refractivity contribution in [2.75, 3.05) is 19.7 Å². The highest BCUT2D eigenvalue weighted by Gasteiger charge is 2.16. The number of nitrogens with one attached hydrogen (secondary N) is 2. The third kappa shape index (κ3) is 4.89. The molecule has 1 atom stereocenters. The van der Waals surface area contributed by atoms with Gasteiger partial charge in [0.2, 0.25) is 0 Å². The molecule has 1 aliphatic rings. The maximum absolute atomic E-state index is 5.57. The van der Waals surface area contributed by atoms with Crippen molar-refractivity contribution in [3.05, 3.63) is 35.4 Å². The van der Waals surface area contributed by atoms with Crippen LogP contribution in [0.5, 0.6) is 0 Å². The Morgan fingerprint density at radius 3 is 3.00 bits per heavy atom. The molecule has 3 nitrogen and oxygen atoms in total. The molecule has 0 saturated carbocycles. The second-order valence-corrected chi connectivity index (χ2v) is 5.80. The molecule has 112 valence electrons. The molecule has 3 heteroatoms. The van der Waals surface area contributed by atoms with E-state index in [9.17, 15) is 0 Å². The largest absolute Gasteiger partial charge is 0.379 e. The average molecular weight is 276 g/mol. The predicted octanol–water partition coefficient (Wildman–Crippen LogP) is 3.02. The number of hydrogen-bond donors (Lipinski definition) is 2. The van der Waals surface area contributed by atoms with Crippen LogP contribution in [-0.4, -0.2) is 25.8 Å². The van der Waals surface area contributed by atoms with Gasteiger partial charge in [-0.25, -0.2) is 0 Å². The first-order valence-corrected chi connectivity index (χ1v) is 7.91. The van der Waals surface area contributed by atoms with Crippen LogP contribution in [0.3, 0.4) is 0 Å². The molecule has 1 aromatic rings. The van der Waals surface area contributed by atoms with Crippen molar-refractivity contribution in [3.63, 3.8) is 0 Å². The second kappa shape index (κ2) is 8.40. The van der Waals surface area contributed by atoms with Gasteiger partial charge >= 0.3 is 0 Å². The van der Waals surface area contributed by atoms with E-state index in [4.69, 9.17) is 4.74 Å². The standard InChI is InChI=1S/C17H28N2O/c1-14(2)20-12-6-5-10-19-17-9-11-18-13-15-7-3-4-8-16(15)17/h3-4,7-8,14,17-19H,5-6,9-13H2,1-2H3. The normalized spacial score (nSPS) is 18.9. The molecule has 2 N–H and O–H groups in total. The number of fused-ring (bicyclic) bond motifs is 1. The van der Waals surface area contributed by atoms with E-state index < -0.39 is 0 Å². The highest BCUT2D eigenvalue weighted by atomic mass is 16.5. The summed E-state index contributed by atoms with van der Waals surface area (Å²) in [6.45, 7) is 8.21. The molecule has 0 radical (unpaired) electrons. The van der Waals surface area contributed by atoms with Crippen LogP contribution in [0.25, 0.3) is 0 Å². The van der Waals surface area contributed by atoms with Crippen LogP contribution in [-0.2, 0) is 11.3 Å². The SMILES string of the molecule is CC(C)OCCCCNC1CCNCc2ccccc21. The lowest BCUT2D eigenvalue weighted by atomic mass is 9.99. The lowest BCUT2D eigenvalue weighted by Crippen LogP contribution is -2.24. The van der Waals surface area contributed by atoms with Gasteiger partial charge in [0, 0.05) is 19.2 Å². The van der Waals surface area contributed by atoms with Crippen LogP contribution in [0, 0.1) is 0 Å². The van der Waals surface area contributed by atoms with Gasteiger partial charge in [0.25, 0.3) is 0 Å². The Balaban J connectivity index is 1.75. The minimum atomic E-state index is 0.350. The smallest absolute Gasteiger partial charge is 0.0518 e. The summed E-state index contributed by atoms with van der Waals surface area (Å²) < 4.78 is 5.57. The maximum atomic E-state index is 5.57. The molecule has 1 heterocycles. The first-order valence-electron chi connectivity index (χ1n) is 7.91. The molecule has 1 unspecified atom stereocenters. The van der Waals surface area contributed by atoms with Crippen LogP contribution in [0.2, 0.25) is 0 Å². The van der Waals surface area contributed by atoms with E-state index in [2.05, 4.69) is 48.7 Å². The summed E-state index contributed by atoms with van der Waals surface area (Å²) in [5.41, 5.74) is 2.90.